The quantitative estimate of drug-likeness (QED) is 0.898. The van der Waals surface area contributed by atoms with Crippen LogP contribution in [0.1, 0.15) is 17.7 Å². The molecule has 0 aliphatic carbocycles. The molecule has 96 valence electrons. The summed E-state index contributed by atoms with van der Waals surface area (Å²) in [6.07, 6.45) is 3.91. The Kier molecular flexibility index (Phi) is 5.48. The Morgan fingerprint density at radius 3 is 3.12 bits per heavy atom. The second-order valence-electron chi connectivity index (χ2n) is 4.96. The summed E-state index contributed by atoms with van der Waals surface area (Å²) < 4.78 is 1.22. The van der Waals surface area contributed by atoms with Crippen LogP contribution in [0.15, 0.2) is 15.9 Å². The Bertz CT molecular complexity index is 334. The van der Waals surface area contributed by atoms with Crippen molar-refractivity contribution in [1.82, 2.24) is 10.2 Å². The van der Waals surface area contributed by atoms with Crippen molar-refractivity contribution in [3.8, 4) is 0 Å². The van der Waals surface area contributed by atoms with Gasteiger partial charge in [0.05, 0.1) is 0 Å². The minimum atomic E-state index is 0.851. The SMILES string of the molecule is CN(CCc1cc(Br)cs1)CC1CCCNC1. The number of hydrogen-bond donors (Lipinski definition) is 1. The molecule has 2 heterocycles. The molecule has 0 radical (unpaired) electrons. The molecule has 1 N–H and O–H groups in total. The third-order valence-electron chi connectivity index (χ3n) is 3.33. The van der Waals surface area contributed by atoms with Crippen LogP contribution in [0.3, 0.4) is 0 Å². The fourth-order valence-corrected chi connectivity index (χ4v) is 3.84. The number of likely N-dealkylation sites (N-methyl/N-ethyl adjacent to an activating group) is 1. The van der Waals surface area contributed by atoms with Crippen LogP contribution in [0.2, 0.25) is 0 Å². The van der Waals surface area contributed by atoms with Crippen LogP contribution in [0, 0.1) is 5.92 Å². The average Bonchev–Trinajstić information content (AvgIpc) is 2.74. The van der Waals surface area contributed by atoms with Crippen molar-refractivity contribution < 1.29 is 0 Å². The maximum absolute atomic E-state index is 3.51. The lowest BCUT2D eigenvalue weighted by Gasteiger charge is -2.27. The van der Waals surface area contributed by atoms with Gasteiger partial charge in [0, 0.05) is 27.8 Å². The summed E-state index contributed by atoms with van der Waals surface area (Å²) in [6.45, 7) is 4.82. The zero-order chi connectivity index (χ0) is 12.1. The Balaban J connectivity index is 1.68. The Morgan fingerprint density at radius 2 is 2.47 bits per heavy atom. The molecule has 1 unspecified atom stereocenters. The van der Waals surface area contributed by atoms with Crippen molar-refractivity contribution in [3.63, 3.8) is 0 Å². The van der Waals surface area contributed by atoms with E-state index in [9.17, 15) is 0 Å². The van der Waals surface area contributed by atoms with Crippen LogP contribution in [0.4, 0.5) is 0 Å². The van der Waals surface area contributed by atoms with Crippen molar-refractivity contribution >= 4 is 27.3 Å². The number of halogens is 1. The molecule has 4 heteroatoms. The summed E-state index contributed by atoms with van der Waals surface area (Å²) in [4.78, 5) is 3.95. The van der Waals surface area contributed by atoms with Crippen LogP contribution in [0.5, 0.6) is 0 Å². The lowest BCUT2D eigenvalue weighted by molar-refractivity contribution is 0.245. The van der Waals surface area contributed by atoms with Gasteiger partial charge < -0.3 is 10.2 Å². The van der Waals surface area contributed by atoms with Crippen LogP contribution >= 0.6 is 27.3 Å². The predicted octanol–water partition coefficient (Wildman–Crippen LogP) is 2.98. The van der Waals surface area contributed by atoms with Crippen molar-refractivity contribution in [2.45, 2.75) is 19.3 Å². The molecule has 0 saturated carbocycles. The normalized spacial score (nSPS) is 21.0. The highest BCUT2D eigenvalue weighted by Gasteiger charge is 2.14. The molecule has 17 heavy (non-hydrogen) atoms. The molecule has 1 atom stereocenters. The number of thiophene rings is 1. The second kappa shape index (κ2) is 6.88. The summed E-state index contributed by atoms with van der Waals surface area (Å²) >= 11 is 5.36. The Labute approximate surface area is 117 Å². The molecule has 0 bridgehead atoms. The van der Waals surface area contributed by atoms with Crippen molar-refractivity contribution in [1.29, 1.82) is 0 Å². The number of piperidine rings is 1. The van der Waals surface area contributed by atoms with Crippen LogP contribution in [0.25, 0.3) is 0 Å². The van der Waals surface area contributed by atoms with Crippen molar-refractivity contribution in [3.05, 3.63) is 20.8 Å². The average molecular weight is 317 g/mol. The predicted molar refractivity (Wildman–Crippen MR) is 78.8 cm³/mol. The summed E-state index contributed by atoms with van der Waals surface area (Å²) in [6, 6.07) is 2.24. The standard InChI is InChI=1S/C13H21BrN2S/c1-16(9-11-3-2-5-15-8-11)6-4-13-7-12(14)10-17-13/h7,10-11,15H,2-6,8-9H2,1H3. The number of nitrogens with zero attached hydrogens (tertiary/aromatic N) is 1. The Morgan fingerprint density at radius 1 is 1.59 bits per heavy atom. The lowest BCUT2D eigenvalue weighted by atomic mass is 9.99. The van der Waals surface area contributed by atoms with E-state index >= 15 is 0 Å². The zero-order valence-corrected chi connectivity index (χ0v) is 12.8. The molecular formula is C13H21BrN2S. The van der Waals surface area contributed by atoms with Gasteiger partial charge in [0.15, 0.2) is 0 Å². The molecule has 1 aromatic heterocycles. The number of hydrogen-bond acceptors (Lipinski definition) is 3. The number of rotatable bonds is 5. The first-order valence-corrected chi connectivity index (χ1v) is 8.03. The minimum Gasteiger partial charge on any atom is -0.316 e. The van der Waals surface area contributed by atoms with E-state index in [0.29, 0.717) is 0 Å². The van der Waals surface area contributed by atoms with Gasteiger partial charge in [-0.25, -0.2) is 0 Å². The van der Waals surface area contributed by atoms with Crippen LogP contribution < -0.4 is 5.32 Å². The molecular weight excluding hydrogens is 296 g/mol. The van der Waals surface area contributed by atoms with E-state index in [0.717, 1.165) is 5.92 Å². The van der Waals surface area contributed by atoms with Gasteiger partial charge in [0.1, 0.15) is 0 Å². The van der Waals surface area contributed by atoms with Gasteiger partial charge in [-0.1, -0.05) is 0 Å². The van der Waals surface area contributed by atoms with E-state index in [1.165, 1.54) is 54.8 Å². The molecule has 1 saturated heterocycles. The maximum atomic E-state index is 3.51. The van der Waals surface area contributed by atoms with E-state index in [4.69, 9.17) is 0 Å². The molecule has 0 amide bonds. The van der Waals surface area contributed by atoms with E-state index < -0.39 is 0 Å². The summed E-state index contributed by atoms with van der Waals surface area (Å²) in [5.41, 5.74) is 0. The largest absolute Gasteiger partial charge is 0.316 e. The monoisotopic (exact) mass is 316 g/mol. The first-order chi connectivity index (χ1) is 8.24. The van der Waals surface area contributed by atoms with Gasteiger partial charge in [0.25, 0.3) is 0 Å². The highest BCUT2D eigenvalue weighted by molar-refractivity contribution is 9.10. The molecule has 2 nitrogen and oxygen atoms in total. The summed E-state index contributed by atoms with van der Waals surface area (Å²) in [5, 5.41) is 5.65. The van der Waals surface area contributed by atoms with Gasteiger partial charge in [-0.05, 0) is 67.3 Å². The van der Waals surface area contributed by atoms with Gasteiger partial charge in [-0.3, -0.25) is 0 Å². The molecule has 0 aromatic carbocycles. The fourth-order valence-electron chi connectivity index (χ4n) is 2.40. The Hall–Kier alpha value is 0.1000. The third-order valence-corrected chi connectivity index (χ3v) is 5.09. The minimum absolute atomic E-state index is 0.851. The molecule has 1 aliphatic rings. The topological polar surface area (TPSA) is 15.3 Å². The van der Waals surface area contributed by atoms with Crippen molar-refractivity contribution in [2.24, 2.45) is 5.92 Å². The van der Waals surface area contributed by atoms with Gasteiger partial charge in [0.2, 0.25) is 0 Å². The zero-order valence-electron chi connectivity index (χ0n) is 10.4. The van der Waals surface area contributed by atoms with E-state index in [2.05, 4.69) is 44.6 Å². The fraction of sp³-hybridized carbons (Fsp3) is 0.692. The van der Waals surface area contributed by atoms with Gasteiger partial charge in [-0.15, -0.1) is 11.3 Å². The van der Waals surface area contributed by atoms with Crippen LogP contribution in [-0.2, 0) is 6.42 Å². The summed E-state index contributed by atoms with van der Waals surface area (Å²) in [5.74, 6) is 0.851. The first kappa shape index (κ1) is 13.5. The van der Waals surface area contributed by atoms with E-state index in [-0.39, 0.29) is 0 Å². The van der Waals surface area contributed by atoms with Gasteiger partial charge >= 0.3 is 0 Å². The first-order valence-electron chi connectivity index (χ1n) is 6.36. The van der Waals surface area contributed by atoms with E-state index in [1.807, 2.05) is 11.3 Å². The molecule has 1 fully saturated rings. The lowest BCUT2D eigenvalue weighted by Crippen LogP contribution is -2.37. The maximum Gasteiger partial charge on any atom is 0.0285 e. The van der Waals surface area contributed by atoms with Crippen LogP contribution in [-0.4, -0.2) is 38.1 Å². The molecule has 1 aromatic rings. The molecule has 0 spiro atoms. The smallest absolute Gasteiger partial charge is 0.0285 e. The third kappa shape index (κ3) is 4.70. The van der Waals surface area contributed by atoms with Gasteiger partial charge in [-0.2, -0.15) is 0 Å². The second-order valence-corrected chi connectivity index (χ2v) is 6.87. The number of nitrogens with one attached hydrogen (secondary N) is 1. The molecule has 1 aliphatic heterocycles. The highest BCUT2D eigenvalue weighted by Crippen LogP contribution is 2.20. The van der Waals surface area contributed by atoms with Crippen molar-refractivity contribution in [2.75, 3.05) is 33.2 Å². The molecule has 2 rings (SSSR count). The summed E-state index contributed by atoms with van der Waals surface area (Å²) in [7, 11) is 2.25. The van der Waals surface area contributed by atoms with E-state index in [1.54, 1.807) is 0 Å². The highest BCUT2D eigenvalue weighted by atomic mass is 79.9.